The predicted molar refractivity (Wildman–Crippen MR) is 90.6 cm³/mol. The number of piperidine rings is 1. The summed E-state index contributed by atoms with van der Waals surface area (Å²) in [4.78, 5) is 2.40. The molecule has 1 N–H and O–H groups in total. The van der Waals surface area contributed by atoms with E-state index in [-0.39, 0.29) is 6.10 Å². The first kappa shape index (κ1) is 17.4. The molecule has 2 aliphatic rings. The molecule has 24 heavy (non-hydrogen) atoms. The highest BCUT2D eigenvalue weighted by molar-refractivity contribution is 7.88. The van der Waals surface area contributed by atoms with Crippen molar-refractivity contribution in [1.82, 2.24) is 9.62 Å². The van der Waals surface area contributed by atoms with Crippen molar-refractivity contribution in [2.45, 2.75) is 19.1 Å². The number of fused-ring (bicyclic) bond motifs is 1. The summed E-state index contributed by atoms with van der Waals surface area (Å²) in [5, 5.41) is 9.00. The van der Waals surface area contributed by atoms with Crippen molar-refractivity contribution in [3.05, 3.63) is 35.4 Å². The van der Waals surface area contributed by atoms with Crippen LogP contribution < -0.4 is 4.72 Å². The number of hydrogen-bond acceptors (Lipinski definition) is 5. The third-order valence-corrected chi connectivity index (χ3v) is 5.58. The van der Waals surface area contributed by atoms with E-state index in [1.807, 2.05) is 18.2 Å². The average molecular weight is 349 g/mol. The largest absolute Gasteiger partial charge is 0.376 e. The van der Waals surface area contributed by atoms with Gasteiger partial charge in [0.1, 0.15) is 0 Å². The van der Waals surface area contributed by atoms with E-state index < -0.39 is 10.0 Å². The molecular weight excluding hydrogens is 326 g/mol. The van der Waals surface area contributed by atoms with Gasteiger partial charge in [0.05, 0.1) is 30.6 Å². The van der Waals surface area contributed by atoms with E-state index in [0.29, 0.717) is 30.6 Å². The van der Waals surface area contributed by atoms with E-state index >= 15 is 0 Å². The Bertz CT molecular complexity index is 729. The predicted octanol–water partition coefficient (Wildman–Crippen LogP) is 0.944. The zero-order valence-corrected chi connectivity index (χ0v) is 14.6. The fourth-order valence-corrected chi connectivity index (χ4v) is 4.21. The fourth-order valence-electron chi connectivity index (χ4n) is 3.75. The first-order valence-corrected chi connectivity index (χ1v) is 10.1. The topological polar surface area (TPSA) is 82.4 Å². The third-order valence-electron chi connectivity index (χ3n) is 4.89. The standard InChI is InChI=1S/C17H23N3O3S/c1-24(21,22)19-9-17-16-5-6-20(11-15(16)12-23-17)10-14-4-2-3-13(7-14)8-18/h2-4,7,15-17,19H,5-6,9-12H2,1H3/t15-,16-,17-/m1/s1. The maximum Gasteiger partial charge on any atom is 0.208 e. The highest BCUT2D eigenvalue weighted by Crippen LogP contribution is 2.34. The van der Waals surface area contributed by atoms with Gasteiger partial charge in [0, 0.05) is 25.6 Å². The van der Waals surface area contributed by atoms with E-state index in [1.54, 1.807) is 0 Å². The molecule has 1 aromatic carbocycles. The first-order chi connectivity index (χ1) is 11.4. The molecule has 0 aromatic heterocycles. The normalized spacial score (nSPS) is 27.6. The lowest BCUT2D eigenvalue weighted by molar-refractivity contribution is 0.0885. The van der Waals surface area contributed by atoms with Crippen molar-refractivity contribution < 1.29 is 13.2 Å². The molecule has 3 atom stereocenters. The van der Waals surface area contributed by atoms with Crippen LogP contribution in [-0.4, -0.2) is 51.9 Å². The summed E-state index contributed by atoms with van der Waals surface area (Å²) in [5.41, 5.74) is 1.85. The highest BCUT2D eigenvalue weighted by atomic mass is 32.2. The second-order valence-electron chi connectivity index (χ2n) is 6.75. The molecule has 1 aromatic rings. The molecule has 0 radical (unpaired) electrons. The van der Waals surface area contributed by atoms with E-state index in [1.165, 1.54) is 6.26 Å². The van der Waals surface area contributed by atoms with Crippen LogP contribution in [0, 0.1) is 23.2 Å². The Morgan fingerprint density at radius 3 is 3.04 bits per heavy atom. The maximum atomic E-state index is 11.3. The summed E-state index contributed by atoms with van der Waals surface area (Å²) >= 11 is 0. The average Bonchev–Trinajstić information content (AvgIpc) is 2.95. The number of hydrogen-bond donors (Lipinski definition) is 1. The molecule has 2 saturated heterocycles. The molecule has 0 aliphatic carbocycles. The zero-order chi connectivity index (χ0) is 17.2. The smallest absolute Gasteiger partial charge is 0.208 e. The number of nitrogens with zero attached hydrogens (tertiary/aromatic N) is 2. The lowest BCUT2D eigenvalue weighted by atomic mass is 9.84. The third kappa shape index (κ3) is 4.33. The van der Waals surface area contributed by atoms with Crippen LogP contribution >= 0.6 is 0 Å². The Morgan fingerprint density at radius 2 is 2.29 bits per heavy atom. The Kier molecular flexibility index (Phi) is 5.21. The molecule has 2 aliphatic heterocycles. The number of likely N-dealkylation sites (tertiary alicyclic amines) is 1. The van der Waals surface area contributed by atoms with E-state index in [4.69, 9.17) is 10.00 Å². The number of sulfonamides is 1. The van der Waals surface area contributed by atoms with Crippen molar-refractivity contribution in [2.75, 3.05) is 32.5 Å². The first-order valence-electron chi connectivity index (χ1n) is 8.22. The molecule has 130 valence electrons. The van der Waals surface area contributed by atoms with Crippen molar-refractivity contribution in [3.63, 3.8) is 0 Å². The minimum absolute atomic E-state index is 0.0196. The maximum absolute atomic E-state index is 11.3. The van der Waals surface area contributed by atoms with Gasteiger partial charge in [-0.1, -0.05) is 12.1 Å². The van der Waals surface area contributed by atoms with Crippen molar-refractivity contribution in [1.29, 1.82) is 5.26 Å². The number of ether oxygens (including phenoxy) is 1. The van der Waals surface area contributed by atoms with Crippen LogP contribution in [0.5, 0.6) is 0 Å². The molecule has 0 unspecified atom stereocenters. The van der Waals surface area contributed by atoms with Crippen LogP contribution in [0.1, 0.15) is 17.5 Å². The van der Waals surface area contributed by atoms with Gasteiger partial charge in [-0.15, -0.1) is 0 Å². The van der Waals surface area contributed by atoms with Crippen LogP contribution in [0.25, 0.3) is 0 Å². The molecule has 0 amide bonds. The van der Waals surface area contributed by atoms with Gasteiger partial charge < -0.3 is 4.74 Å². The van der Waals surface area contributed by atoms with Crippen LogP contribution in [0.3, 0.4) is 0 Å². The Labute approximate surface area is 143 Å². The molecule has 7 heteroatoms. The Balaban J connectivity index is 1.55. The monoisotopic (exact) mass is 349 g/mol. The van der Waals surface area contributed by atoms with Crippen LogP contribution in [0.2, 0.25) is 0 Å². The molecule has 2 fully saturated rings. The Morgan fingerprint density at radius 1 is 1.46 bits per heavy atom. The van der Waals surface area contributed by atoms with Gasteiger partial charge in [-0.3, -0.25) is 4.90 Å². The van der Waals surface area contributed by atoms with E-state index in [0.717, 1.165) is 31.6 Å². The van der Waals surface area contributed by atoms with Crippen molar-refractivity contribution in [3.8, 4) is 6.07 Å². The van der Waals surface area contributed by atoms with Crippen LogP contribution in [0.4, 0.5) is 0 Å². The molecule has 3 rings (SSSR count). The summed E-state index contributed by atoms with van der Waals surface area (Å²) in [7, 11) is -3.17. The number of rotatable bonds is 5. The summed E-state index contributed by atoms with van der Waals surface area (Å²) in [6, 6.07) is 9.91. The Hall–Kier alpha value is -1.46. The second kappa shape index (κ2) is 7.19. The van der Waals surface area contributed by atoms with Gasteiger partial charge >= 0.3 is 0 Å². The summed E-state index contributed by atoms with van der Waals surface area (Å²) in [6.07, 6.45) is 2.17. The molecule has 0 spiro atoms. The summed E-state index contributed by atoms with van der Waals surface area (Å²) in [5.74, 6) is 0.866. The van der Waals surface area contributed by atoms with E-state index in [9.17, 15) is 8.42 Å². The van der Waals surface area contributed by atoms with Crippen molar-refractivity contribution in [2.24, 2.45) is 11.8 Å². The van der Waals surface area contributed by atoms with Crippen LogP contribution in [-0.2, 0) is 21.3 Å². The van der Waals surface area contributed by atoms with Gasteiger partial charge in [0.2, 0.25) is 10.0 Å². The minimum atomic E-state index is -3.17. The van der Waals surface area contributed by atoms with Gasteiger partial charge in [-0.2, -0.15) is 5.26 Å². The molecular formula is C17H23N3O3S. The highest BCUT2D eigenvalue weighted by Gasteiger charge is 2.40. The van der Waals surface area contributed by atoms with Gasteiger partial charge in [0.15, 0.2) is 0 Å². The fraction of sp³-hybridized carbons (Fsp3) is 0.588. The molecule has 0 bridgehead atoms. The second-order valence-corrected chi connectivity index (χ2v) is 8.59. The van der Waals surface area contributed by atoms with Crippen molar-refractivity contribution >= 4 is 10.0 Å². The lowest BCUT2D eigenvalue weighted by Crippen LogP contribution is -2.43. The lowest BCUT2D eigenvalue weighted by Gasteiger charge is -2.35. The summed E-state index contributed by atoms with van der Waals surface area (Å²) in [6.45, 7) is 3.82. The molecule has 6 nitrogen and oxygen atoms in total. The molecule has 2 heterocycles. The number of nitrogens with one attached hydrogen (secondary N) is 1. The number of nitriles is 1. The van der Waals surface area contributed by atoms with Crippen LogP contribution in [0.15, 0.2) is 24.3 Å². The van der Waals surface area contributed by atoms with E-state index in [2.05, 4.69) is 21.8 Å². The van der Waals surface area contributed by atoms with Gasteiger partial charge in [-0.05, 0) is 36.6 Å². The molecule has 0 saturated carbocycles. The summed E-state index contributed by atoms with van der Waals surface area (Å²) < 4.78 is 30.9. The minimum Gasteiger partial charge on any atom is -0.376 e. The quantitative estimate of drug-likeness (QED) is 0.856. The SMILES string of the molecule is CS(=O)(=O)NC[C@H]1OC[C@H]2CN(Cc3cccc(C#N)c3)CC[C@H]21. The zero-order valence-electron chi connectivity index (χ0n) is 13.8. The van der Waals surface area contributed by atoms with Gasteiger partial charge in [-0.25, -0.2) is 13.1 Å². The number of benzene rings is 1. The van der Waals surface area contributed by atoms with Gasteiger partial charge in [0.25, 0.3) is 0 Å².